The number of nitrogens with zero attached hydrogens (tertiary/aromatic N) is 1. The Labute approximate surface area is 126 Å². The van der Waals surface area contributed by atoms with E-state index in [0.717, 1.165) is 35.0 Å². The number of halogens is 1. The third kappa shape index (κ3) is 2.40. The van der Waals surface area contributed by atoms with Crippen LogP contribution in [0.1, 0.15) is 23.2 Å². The van der Waals surface area contributed by atoms with Crippen molar-refractivity contribution in [1.82, 2.24) is 4.57 Å². The van der Waals surface area contributed by atoms with Crippen molar-refractivity contribution in [2.24, 2.45) is 0 Å². The number of ether oxygens (including phenoxy) is 1. The van der Waals surface area contributed by atoms with E-state index in [2.05, 4.69) is 15.9 Å². The Bertz CT molecular complexity index is 706. The van der Waals surface area contributed by atoms with Crippen molar-refractivity contribution < 1.29 is 4.74 Å². The largest absolute Gasteiger partial charge is 0.497 e. The molecule has 0 aliphatic heterocycles. The van der Waals surface area contributed by atoms with E-state index >= 15 is 0 Å². The third-order valence-corrected chi connectivity index (χ3v) is 4.60. The molecular weight excluding hydrogens is 318 g/mol. The lowest BCUT2D eigenvalue weighted by Gasteiger charge is -2.14. The van der Waals surface area contributed by atoms with Crippen molar-refractivity contribution >= 4 is 15.9 Å². The number of hydrogen-bond acceptors (Lipinski definition) is 2. The van der Waals surface area contributed by atoms with Crippen LogP contribution in [0, 0.1) is 0 Å². The van der Waals surface area contributed by atoms with Crippen LogP contribution in [0.25, 0.3) is 0 Å². The molecule has 4 heteroatoms. The number of benzene rings is 1. The van der Waals surface area contributed by atoms with E-state index in [1.165, 1.54) is 11.3 Å². The molecular formula is C16H16BrNO2. The molecule has 20 heavy (non-hydrogen) atoms. The molecule has 0 spiro atoms. The second-order valence-electron chi connectivity index (χ2n) is 5.04. The highest BCUT2D eigenvalue weighted by Crippen LogP contribution is 2.25. The van der Waals surface area contributed by atoms with Gasteiger partial charge >= 0.3 is 0 Å². The molecule has 0 unspecified atom stereocenters. The third-order valence-electron chi connectivity index (χ3n) is 3.83. The molecule has 1 aliphatic rings. The summed E-state index contributed by atoms with van der Waals surface area (Å²) in [5, 5.41) is 0. The van der Waals surface area contributed by atoms with Crippen LogP contribution in [0.5, 0.6) is 5.75 Å². The number of aromatic nitrogens is 1. The topological polar surface area (TPSA) is 31.2 Å². The SMILES string of the molecule is COc1ccc(Br)c(Cn2c3c(ccc2=O)CCC3)c1. The molecule has 3 nitrogen and oxygen atoms in total. The van der Waals surface area contributed by atoms with Gasteiger partial charge in [-0.3, -0.25) is 4.79 Å². The molecule has 3 rings (SSSR count). The van der Waals surface area contributed by atoms with E-state index < -0.39 is 0 Å². The molecule has 1 aliphatic carbocycles. The highest BCUT2D eigenvalue weighted by molar-refractivity contribution is 9.10. The van der Waals surface area contributed by atoms with E-state index in [1.54, 1.807) is 13.2 Å². The second kappa shape index (κ2) is 5.44. The first-order valence-corrected chi connectivity index (χ1v) is 7.52. The number of aryl methyl sites for hydroxylation is 1. The van der Waals surface area contributed by atoms with Gasteiger partial charge in [-0.2, -0.15) is 0 Å². The number of fused-ring (bicyclic) bond motifs is 1. The van der Waals surface area contributed by atoms with Crippen molar-refractivity contribution in [1.29, 1.82) is 0 Å². The van der Waals surface area contributed by atoms with Gasteiger partial charge in [0.1, 0.15) is 5.75 Å². The zero-order valence-corrected chi connectivity index (χ0v) is 12.9. The van der Waals surface area contributed by atoms with Crippen LogP contribution in [0.15, 0.2) is 39.6 Å². The van der Waals surface area contributed by atoms with Crippen LogP contribution < -0.4 is 10.3 Å². The Morgan fingerprint density at radius 2 is 2.10 bits per heavy atom. The number of methoxy groups -OCH3 is 1. The van der Waals surface area contributed by atoms with Crippen LogP contribution in [0.4, 0.5) is 0 Å². The van der Waals surface area contributed by atoms with Gasteiger partial charge in [-0.25, -0.2) is 0 Å². The van der Waals surface area contributed by atoms with E-state index in [4.69, 9.17) is 4.74 Å². The lowest BCUT2D eigenvalue weighted by atomic mass is 10.1. The van der Waals surface area contributed by atoms with Crippen LogP contribution >= 0.6 is 15.9 Å². The van der Waals surface area contributed by atoms with Crippen molar-refractivity contribution in [2.45, 2.75) is 25.8 Å². The van der Waals surface area contributed by atoms with E-state index in [-0.39, 0.29) is 5.56 Å². The fourth-order valence-corrected chi connectivity index (χ4v) is 3.15. The average molecular weight is 334 g/mol. The highest BCUT2D eigenvalue weighted by atomic mass is 79.9. The molecule has 0 atom stereocenters. The summed E-state index contributed by atoms with van der Waals surface area (Å²) >= 11 is 3.55. The Balaban J connectivity index is 2.04. The molecule has 0 N–H and O–H groups in total. The first-order chi connectivity index (χ1) is 9.69. The minimum atomic E-state index is 0.0698. The summed E-state index contributed by atoms with van der Waals surface area (Å²) < 4.78 is 8.15. The smallest absolute Gasteiger partial charge is 0.251 e. The second-order valence-corrected chi connectivity index (χ2v) is 5.89. The molecule has 0 radical (unpaired) electrons. The Hall–Kier alpha value is -1.55. The Morgan fingerprint density at radius 3 is 2.90 bits per heavy atom. The predicted molar refractivity (Wildman–Crippen MR) is 82.5 cm³/mol. The minimum Gasteiger partial charge on any atom is -0.497 e. The fourth-order valence-electron chi connectivity index (χ4n) is 2.78. The standard InChI is InChI=1S/C16H16BrNO2/c1-20-13-6-7-14(17)12(9-13)10-18-15-4-2-3-11(15)5-8-16(18)19/h5-9H,2-4,10H2,1H3. The fraction of sp³-hybridized carbons (Fsp3) is 0.312. The first-order valence-electron chi connectivity index (χ1n) is 6.73. The zero-order valence-electron chi connectivity index (χ0n) is 11.4. The van der Waals surface area contributed by atoms with Crippen molar-refractivity contribution in [3.05, 3.63) is 62.0 Å². The van der Waals surface area contributed by atoms with Crippen molar-refractivity contribution in [3.8, 4) is 5.75 Å². The number of pyridine rings is 1. The van der Waals surface area contributed by atoms with Crippen LogP contribution in [-0.2, 0) is 19.4 Å². The highest BCUT2D eigenvalue weighted by Gasteiger charge is 2.16. The minimum absolute atomic E-state index is 0.0698. The molecule has 0 bridgehead atoms. The summed E-state index contributed by atoms with van der Waals surface area (Å²) in [6.07, 6.45) is 3.21. The quantitative estimate of drug-likeness (QED) is 0.863. The maximum Gasteiger partial charge on any atom is 0.251 e. The molecule has 0 saturated carbocycles. The lowest BCUT2D eigenvalue weighted by Crippen LogP contribution is -2.23. The molecule has 104 valence electrons. The van der Waals surface area contributed by atoms with Gasteiger partial charge in [-0.15, -0.1) is 0 Å². The normalized spacial score (nSPS) is 13.3. The monoisotopic (exact) mass is 333 g/mol. The maximum absolute atomic E-state index is 12.2. The number of rotatable bonds is 3. The van der Waals surface area contributed by atoms with Crippen LogP contribution in [0.3, 0.4) is 0 Å². The summed E-state index contributed by atoms with van der Waals surface area (Å²) in [6.45, 7) is 0.583. The molecule has 0 saturated heterocycles. The summed E-state index contributed by atoms with van der Waals surface area (Å²) in [6, 6.07) is 9.50. The summed E-state index contributed by atoms with van der Waals surface area (Å²) in [5.41, 5.74) is 3.63. The first kappa shape index (κ1) is 13.4. The Kier molecular flexibility index (Phi) is 3.66. The van der Waals surface area contributed by atoms with E-state index in [9.17, 15) is 4.79 Å². The van der Waals surface area contributed by atoms with E-state index in [1.807, 2.05) is 28.8 Å². The van der Waals surface area contributed by atoms with Crippen molar-refractivity contribution in [2.75, 3.05) is 7.11 Å². The Morgan fingerprint density at radius 1 is 1.25 bits per heavy atom. The van der Waals surface area contributed by atoms with Gasteiger partial charge in [-0.05, 0) is 48.6 Å². The van der Waals surface area contributed by atoms with Crippen LogP contribution in [-0.4, -0.2) is 11.7 Å². The van der Waals surface area contributed by atoms with Gasteiger partial charge in [0.25, 0.3) is 5.56 Å². The van der Waals surface area contributed by atoms with E-state index in [0.29, 0.717) is 6.54 Å². The molecule has 1 aromatic heterocycles. The molecule has 0 amide bonds. The molecule has 1 heterocycles. The van der Waals surface area contributed by atoms with Crippen LogP contribution in [0.2, 0.25) is 0 Å². The van der Waals surface area contributed by atoms with Gasteiger partial charge < -0.3 is 9.30 Å². The van der Waals surface area contributed by atoms with Gasteiger partial charge in [0.15, 0.2) is 0 Å². The predicted octanol–water partition coefficient (Wildman–Crippen LogP) is 3.16. The molecule has 1 aromatic carbocycles. The zero-order chi connectivity index (χ0) is 14.1. The van der Waals surface area contributed by atoms with Gasteiger partial charge in [0.05, 0.1) is 13.7 Å². The summed E-state index contributed by atoms with van der Waals surface area (Å²) in [5.74, 6) is 0.809. The summed E-state index contributed by atoms with van der Waals surface area (Å²) in [4.78, 5) is 12.2. The average Bonchev–Trinajstić information content (AvgIpc) is 2.92. The molecule has 0 fully saturated rings. The summed E-state index contributed by atoms with van der Waals surface area (Å²) in [7, 11) is 1.65. The van der Waals surface area contributed by atoms with Crippen molar-refractivity contribution in [3.63, 3.8) is 0 Å². The maximum atomic E-state index is 12.2. The number of hydrogen-bond donors (Lipinski definition) is 0. The van der Waals surface area contributed by atoms with Gasteiger partial charge in [-0.1, -0.05) is 22.0 Å². The molecule has 2 aromatic rings. The van der Waals surface area contributed by atoms with Gasteiger partial charge in [0.2, 0.25) is 0 Å². The lowest BCUT2D eigenvalue weighted by molar-refractivity contribution is 0.414. The van der Waals surface area contributed by atoms with Gasteiger partial charge in [0, 0.05) is 16.2 Å².